The fourth-order valence-electron chi connectivity index (χ4n) is 3.02. The van der Waals surface area contributed by atoms with Gasteiger partial charge in [-0.25, -0.2) is 0 Å². The van der Waals surface area contributed by atoms with Gasteiger partial charge < -0.3 is 9.47 Å². The topological polar surface area (TPSA) is 38.8 Å². The van der Waals surface area contributed by atoms with Gasteiger partial charge in [0.25, 0.3) is 5.91 Å². The first-order valence-electron chi connectivity index (χ1n) is 9.36. The molecule has 1 saturated carbocycles. The molecule has 28 heavy (non-hydrogen) atoms. The SMILES string of the molecule is CCOc1cc(/C=C2\SC(=S)N(C3CC3)C2=O)ccc1OCc1ccccc1. The zero-order valence-corrected chi connectivity index (χ0v) is 17.2. The van der Waals surface area contributed by atoms with E-state index in [4.69, 9.17) is 21.7 Å². The van der Waals surface area contributed by atoms with Crippen molar-refractivity contribution in [2.45, 2.75) is 32.4 Å². The minimum absolute atomic E-state index is 0.0138. The van der Waals surface area contributed by atoms with E-state index >= 15 is 0 Å². The normalized spacial score (nSPS) is 18.0. The molecule has 4 nitrogen and oxygen atoms in total. The lowest BCUT2D eigenvalue weighted by Gasteiger charge is -2.13. The highest BCUT2D eigenvalue weighted by Crippen LogP contribution is 2.40. The second-order valence-electron chi connectivity index (χ2n) is 6.70. The van der Waals surface area contributed by atoms with E-state index in [0.29, 0.717) is 40.0 Å². The van der Waals surface area contributed by atoms with E-state index in [0.717, 1.165) is 24.0 Å². The van der Waals surface area contributed by atoms with Crippen LogP contribution in [0.5, 0.6) is 11.5 Å². The molecule has 2 aliphatic rings. The molecule has 1 amide bonds. The van der Waals surface area contributed by atoms with Crippen LogP contribution in [0.4, 0.5) is 0 Å². The number of amides is 1. The predicted octanol–water partition coefficient (Wildman–Crippen LogP) is 5.03. The first kappa shape index (κ1) is 19.0. The lowest BCUT2D eigenvalue weighted by atomic mass is 10.1. The maximum absolute atomic E-state index is 12.6. The van der Waals surface area contributed by atoms with E-state index in [1.807, 2.05) is 61.5 Å². The molecular weight excluding hydrogens is 390 g/mol. The number of hydrogen-bond donors (Lipinski definition) is 0. The van der Waals surface area contributed by atoms with E-state index in [-0.39, 0.29) is 5.91 Å². The van der Waals surface area contributed by atoms with E-state index < -0.39 is 0 Å². The summed E-state index contributed by atoms with van der Waals surface area (Å²) in [6.07, 6.45) is 3.97. The Balaban J connectivity index is 1.53. The number of carbonyl (C=O) groups is 1. The molecule has 2 aromatic rings. The number of carbonyl (C=O) groups excluding carboxylic acids is 1. The van der Waals surface area contributed by atoms with Crippen LogP contribution in [0.25, 0.3) is 6.08 Å². The molecule has 0 N–H and O–H groups in total. The summed E-state index contributed by atoms with van der Waals surface area (Å²) in [6, 6.07) is 16.0. The molecule has 2 aromatic carbocycles. The molecule has 0 radical (unpaired) electrons. The van der Waals surface area contributed by atoms with Crippen molar-refractivity contribution < 1.29 is 14.3 Å². The molecular formula is C22H21NO3S2. The van der Waals surface area contributed by atoms with Crippen molar-refractivity contribution in [1.82, 2.24) is 4.90 Å². The molecule has 1 aliphatic heterocycles. The van der Waals surface area contributed by atoms with Crippen LogP contribution in [-0.4, -0.2) is 27.8 Å². The molecule has 0 spiro atoms. The second kappa shape index (κ2) is 8.37. The minimum atomic E-state index is 0.0138. The van der Waals surface area contributed by atoms with Crippen molar-refractivity contribution in [2.75, 3.05) is 6.61 Å². The minimum Gasteiger partial charge on any atom is -0.490 e. The lowest BCUT2D eigenvalue weighted by Crippen LogP contribution is -2.30. The van der Waals surface area contributed by atoms with Crippen molar-refractivity contribution in [3.8, 4) is 11.5 Å². The largest absolute Gasteiger partial charge is 0.490 e. The van der Waals surface area contributed by atoms with Crippen LogP contribution in [0.2, 0.25) is 0 Å². The Bertz CT molecular complexity index is 923. The van der Waals surface area contributed by atoms with Crippen LogP contribution in [-0.2, 0) is 11.4 Å². The van der Waals surface area contributed by atoms with Gasteiger partial charge in [-0.3, -0.25) is 9.69 Å². The van der Waals surface area contributed by atoms with Crippen LogP contribution in [0.3, 0.4) is 0 Å². The molecule has 4 rings (SSSR count). The van der Waals surface area contributed by atoms with Gasteiger partial charge >= 0.3 is 0 Å². The van der Waals surface area contributed by atoms with Gasteiger partial charge in [-0.1, -0.05) is 60.4 Å². The van der Waals surface area contributed by atoms with Crippen molar-refractivity contribution in [3.05, 3.63) is 64.6 Å². The Morgan fingerprint density at radius 3 is 2.64 bits per heavy atom. The van der Waals surface area contributed by atoms with Crippen molar-refractivity contribution in [2.24, 2.45) is 0 Å². The number of hydrogen-bond acceptors (Lipinski definition) is 5. The van der Waals surface area contributed by atoms with Crippen LogP contribution < -0.4 is 9.47 Å². The van der Waals surface area contributed by atoms with Gasteiger partial charge in [-0.15, -0.1) is 0 Å². The van der Waals surface area contributed by atoms with Gasteiger partial charge in [0.1, 0.15) is 10.9 Å². The molecule has 1 saturated heterocycles. The average Bonchev–Trinajstić information content (AvgIpc) is 3.49. The van der Waals surface area contributed by atoms with Gasteiger partial charge in [0.2, 0.25) is 0 Å². The summed E-state index contributed by atoms with van der Waals surface area (Å²) in [6.45, 7) is 2.95. The second-order valence-corrected chi connectivity index (χ2v) is 8.37. The number of ether oxygens (including phenoxy) is 2. The van der Waals surface area contributed by atoms with E-state index in [2.05, 4.69) is 0 Å². The predicted molar refractivity (Wildman–Crippen MR) is 116 cm³/mol. The standard InChI is InChI=1S/C22H21NO3S2/c1-2-25-19-12-16(8-11-18(19)26-14-15-6-4-3-5-7-15)13-20-21(24)23(17-9-10-17)22(27)28-20/h3-8,11-13,17H,2,9-10,14H2,1H3/b20-13-. The maximum Gasteiger partial charge on any atom is 0.266 e. The van der Waals surface area contributed by atoms with E-state index in [1.165, 1.54) is 11.8 Å². The fourth-order valence-corrected chi connectivity index (χ4v) is 4.42. The molecule has 1 heterocycles. The highest BCUT2D eigenvalue weighted by atomic mass is 32.2. The molecule has 0 unspecified atom stereocenters. The smallest absolute Gasteiger partial charge is 0.266 e. The molecule has 2 fully saturated rings. The number of rotatable bonds is 7. The first-order valence-corrected chi connectivity index (χ1v) is 10.6. The highest BCUT2D eigenvalue weighted by Gasteiger charge is 2.41. The van der Waals surface area contributed by atoms with Crippen LogP contribution in [0, 0.1) is 0 Å². The van der Waals surface area contributed by atoms with Gasteiger partial charge in [-0.2, -0.15) is 0 Å². The lowest BCUT2D eigenvalue weighted by molar-refractivity contribution is -0.122. The Hall–Kier alpha value is -2.31. The highest BCUT2D eigenvalue weighted by molar-refractivity contribution is 8.26. The van der Waals surface area contributed by atoms with E-state index in [1.54, 1.807) is 4.90 Å². The third-order valence-electron chi connectivity index (χ3n) is 4.54. The van der Waals surface area contributed by atoms with Crippen molar-refractivity contribution in [1.29, 1.82) is 0 Å². The molecule has 1 aliphatic carbocycles. The molecule has 144 valence electrons. The molecule has 0 aromatic heterocycles. The maximum atomic E-state index is 12.6. The Kier molecular flexibility index (Phi) is 5.69. The average molecular weight is 412 g/mol. The van der Waals surface area contributed by atoms with E-state index in [9.17, 15) is 4.79 Å². The number of thioether (sulfide) groups is 1. The monoisotopic (exact) mass is 411 g/mol. The first-order chi connectivity index (χ1) is 13.7. The third kappa shape index (κ3) is 4.23. The van der Waals surface area contributed by atoms with Gasteiger partial charge in [0, 0.05) is 6.04 Å². The summed E-state index contributed by atoms with van der Waals surface area (Å²) in [4.78, 5) is 15.1. The Morgan fingerprint density at radius 1 is 1.14 bits per heavy atom. The third-order valence-corrected chi connectivity index (χ3v) is 5.87. The molecule has 0 bridgehead atoms. The molecule has 6 heteroatoms. The van der Waals surface area contributed by atoms with Gasteiger partial charge in [0.05, 0.1) is 11.5 Å². The van der Waals surface area contributed by atoms with Crippen LogP contribution >= 0.6 is 24.0 Å². The summed E-state index contributed by atoms with van der Waals surface area (Å²) in [5.41, 5.74) is 1.99. The zero-order chi connectivity index (χ0) is 19.5. The summed E-state index contributed by atoms with van der Waals surface area (Å²) in [7, 11) is 0. The summed E-state index contributed by atoms with van der Waals surface area (Å²) in [5.74, 6) is 1.37. The van der Waals surface area contributed by atoms with Gasteiger partial charge in [0.15, 0.2) is 11.5 Å². The number of benzene rings is 2. The van der Waals surface area contributed by atoms with Crippen LogP contribution in [0.1, 0.15) is 30.9 Å². The fraction of sp³-hybridized carbons (Fsp3) is 0.273. The summed E-state index contributed by atoms with van der Waals surface area (Å²) < 4.78 is 12.4. The van der Waals surface area contributed by atoms with Crippen LogP contribution in [0.15, 0.2) is 53.4 Å². The molecule has 0 atom stereocenters. The quantitative estimate of drug-likeness (QED) is 0.472. The summed E-state index contributed by atoms with van der Waals surface area (Å²) in [5, 5.41) is 0. The van der Waals surface area contributed by atoms with Crippen molar-refractivity contribution >= 4 is 40.3 Å². The van der Waals surface area contributed by atoms with Crippen molar-refractivity contribution in [3.63, 3.8) is 0 Å². The number of nitrogens with zero attached hydrogens (tertiary/aromatic N) is 1. The zero-order valence-electron chi connectivity index (χ0n) is 15.6. The Morgan fingerprint density at radius 2 is 1.93 bits per heavy atom. The summed E-state index contributed by atoms with van der Waals surface area (Å²) >= 11 is 6.75. The number of thiocarbonyl (C=S) groups is 1. The van der Waals surface area contributed by atoms with Gasteiger partial charge in [-0.05, 0) is 49.1 Å². The Labute approximate surface area is 174 Å².